The standard InChI is InChI=1S/C26H26N6O2/c1-17-23-16-29-24(30-26(34)18-3-4-18)13-22(23)19(14-27-17)5-6-20-7-8-21(15-28-20)32-12-11-31(2)10-9-25(32)33/h7-8,13-16,18H,3-4,9-12H2,1-2H3,(H,29,30,34). The summed E-state index contributed by atoms with van der Waals surface area (Å²) in [6.45, 7) is 4.17. The number of rotatable bonds is 3. The lowest BCUT2D eigenvalue weighted by atomic mass is 10.1. The molecule has 0 atom stereocenters. The molecule has 1 aliphatic carbocycles. The topological polar surface area (TPSA) is 91.3 Å². The van der Waals surface area contributed by atoms with Gasteiger partial charge in [0.2, 0.25) is 11.8 Å². The van der Waals surface area contributed by atoms with Crippen LogP contribution < -0.4 is 10.2 Å². The molecule has 0 unspecified atom stereocenters. The van der Waals surface area contributed by atoms with E-state index in [0.717, 1.165) is 53.6 Å². The minimum absolute atomic E-state index is 0.0177. The first-order valence-electron chi connectivity index (χ1n) is 11.5. The zero-order chi connectivity index (χ0) is 23.7. The number of carbonyl (C=O) groups is 2. The molecule has 172 valence electrons. The highest BCUT2D eigenvalue weighted by atomic mass is 16.2. The predicted octanol–water partition coefficient (Wildman–Crippen LogP) is 2.75. The molecule has 3 aromatic heterocycles. The van der Waals surface area contributed by atoms with Crippen LogP contribution in [0.2, 0.25) is 0 Å². The fourth-order valence-electron chi connectivity index (χ4n) is 3.96. The summed E-state index contributed by atoms with van der Waals surface area (Å²) in [5.74, 6) is 7.03. The quantitative estimate of drug-likeness (QED) is 0.612. The minimum atomic E-state index is 0.0177. The first-order chi connectivity index (χ1) is 16.5. The van der Waals surface area contributed by atoms with Gasteiger partial charge < -0.3 is 15.1 Å². The van der Waals surface area contributed by atoms with Crippen molar-refractivity contribution in [3.05, 3.63) is 53.7 Å². The Balaban J connectivity index is 1.39. The third-order valence-electron chi connectivity index (χ3n) is 6.27. The fraction of sp³-hybridized carbons (Fsp3) is 0.346. The van der Waals surface area contributed by atoms with Gasteiger partial charge >= 0.3 is 0 Å². The van der Waals surface area contributed by atoms with Gasteiger partial charge in [0, 0.05) is 60.8 Å². The molecule has 1 N–H and O–H groups in total. The second-order valence-corrected chi connectivity index (χ2v) is 8.89. The SMILES string of the molecule is Cc1ncc(C#Cc2ccc(N3CCN(C)CCC3=O)cn2)c2cc(NC(=O)C3CC3)ncc12. The van der Waals surface area contributed by atoms with Crippen LogP contribution in [0.4, 0.5) is 11.5 Å². The molecule has 2 fully saturated rings. The predicted molar refractivity (Wildman–Crippen MR) is 130 cm³/mol. The minimum Gasteiger partial charge on any atom is -0.310 e. The average molecular weight is 455 g/mol. The van der Waals surface area contributed by atoms with Gasteiger partial charge in [-0.2, -0.15) is 0 Å². The molecule has 34 heavy (non-hydrogen) atoms. The van der Waals surface area contributed by atoms with E-state index in [2.05, 4.69) is 37.0 Å². The van der Waals surface area contributed by atoms with Gasteiger partial charge in [-0.15, -0.1) is 0 Å². The van der Waals surface area contributed by atoms with Crippen LogP contribution >= 0.6 is 0 Å². The van der Waals surface area contributed by atoms with Crippen LogP contribution in [0, 0.1) is 24.7 Å². The van der Waals surface area contributed by atoms with Gasteiger partial charge in [0.05, 0.1) is 17.4 Å². The van der Waals surface area contributed by atoms with E-state index in [-0.39, 0.29) is 17.7 Å². The lowest BCUT2D eigenvalue weighted by Crippen LogP contribution is -2.32. The van der Waals surface area contributed by atoms with Gasteiger partial charge in [-0.05, 0) is 50.9 Å². The van der Waals surface area contributed by atoms with Crippen LogP contribution in [0.1, 0.15) is 36.2 Å². The molecule has 2 amide bonds. The molecule has 0 aromatic carbocycles. The van der Waals surface area contributed by atoms with E-state index < -0.39 is 0 Å². The van der Waals surface area contributed by atoms with Gasteiger partial charge in [-0.25, -0.2) is 9.97 Å². The Hall–Kier alpha value is -3.83. The van der Waals surface area contributed by atoms with Crippen LogP contribution in [0.3, 0.4) is 0 Å². The molecule has 4 heterocycles. The van der Waals surface area contributed by atoms with Gasteiger partial charge in [0.1, 0.15) is 11.5 Å². The highest BCUT2D eigenvalue weighted by Gasteiger charge is 2.29. The van der Waals surface area contributed by atoms with Crippen molar-refractivity contribution < 1.29 is 9.59 Å². The molecule has 5 rings (SSSR count). The van der Waals surface area contributed by atoms with E-state index in [0.29, 0.717) is 24.5 Å². The maximum Gasteiger partial charge on any atom is 0.228 e. The van der Waals surface area contributed by atoms with Crippen molar-refractivity contribution in [2.75, 3.05) is 36.9 Å². The number of amides is 2. The summed E-state index contributed by atoms with van der Waals surface area (Å²) >= 11 is 0. The van der Waals surface area contributed by atoms with Crippen LogP contribution in [0.5, 0.6) is 0 Å². The first-order valence-corrected chi connectivity index (χ1v) is 11.5. The van der Waals surface area contributed by atoms with Crippen LogP contribution in [0.15, 0.2) is 36.8 Å². The molecule has 8 nitrogen and oxygen atoms in total. The number of anilines is 2. The third kappa shape index (κ3) is 4.75. The van der Waals surface area contributed by atoms with Crippen molar-refractivity contribution in [2.24, 2.45) is 5.92 Å². The van der Waals surface area contributed by atoms with Crippen molar-refractivity contribution in [1.29, 1.82) is 0 Å². The Morgan fingerprint density at radius 1 is 1.03 bits per heavy atom. The van der Waals surface area contributed by atoms with E-state index in [1.165, 1.54) is 0 Å². The lowest BCUT2D eigenvalue weighted by molar-refractivity contribution is -0.118. The fourth-order valence-corrected chi connectivity index (χ4v) is 3.96. The third-order valence-corrected chi connectivity index (χ3v) is 6.27. The first kappa shape index (κ1) is 22.0. The molecule has 0 bridgehead atoms. The van der Waals surface area contributed by atoms with Crippen molar-refractivity contribution in [2.45, 2.75) is 26.2 Å². The van der Waals surface area contributed by atoms with E-state index >= 15 is 0 Å². The number of hydrogen-bond acceptors (Lipinski definition) is 6. The normalized spacial score (nSPS) is 16.6. The monoisotopic (exact) mass is 454 g/mol. The number of likely N-dealkylation sites (N-methyl/N-ethyl adjacent to an activating group) is 1. The van der Waals surface area contributed by atoms with Crippen LogP contribution in [-0.4, -0.2) is 58.3 Å². The molecule has 0 radical (unpaired) electrons. The number of aromatic nitrogens is 3. The Labute approximate surface area is 198 Å². The number of hydrogen-bond donors (Lipinski definition) is 1. The van der Waals surface area contributed by atoms with Crippen LogP contribution in [0.25, 0.3) is 10.8 Å². The molecule has 0 spiro atoms. The summed E-state index contributed by atoms with van der Waals surface area (Å²) in [4.78, 5) is 41.8. The molecular formula is C26H26N6O2. The highest BCUT2D eigenvalue weighted by Crippen LogP contribution is 2.30. The van der Waals surface area contributed by atoms with Crippen molar-refractivity contribution >= 4 is 34.1 Å². The maximum absolute atomic E-state index is 12.4. The summed E-state index contributed by atoms with van der Waals surface area (Å²) in [6, 6.07) is 5.57. The molecular weight excluding hydrogens is 428 g/mol. The van der Waals surface area contributed by atoms with Gasteiger partial charge in [-0.1, -0.05) is 5.92 Å². The Bertz CT molecular complexity index is 1320. The number of pyridine rings is 3. The summed E-state index contributed by atoms with van der Waals surface area (Å²) in [5, 5.41) is 4.68. The van der Waals surface area contributed by atoms with Gasteiger partial charge in [-0.3, -0.25) is 14.6 Å². The number of fused-ring (bicyclic) bond motifs is 1. The van der Waals surface area contributed by atoms with E-state index in [1.54, 1.807) is 23.5 Å². The van der Waals surface area contributed by atoms with E-state index in [1.807, 2.05) is 32.2 Å². The number of carbonyl (C=O) groups excluding carboxylic acids is 2. The Morgan fingerprint density at radius 2 is 1.88 bits per heavy atom. The largest absolute Gasteiger partial charge is 0.310 e. The molecule has 8 heteroatoms. The Morgan fingerprint density at radius 3 is 2.65 bits per heavy atom. The molecule has 1 aliphatic heterocycles. The summed E-state index contributed by atoms with van der Waals surface area (Å²) in [5.41, 5.74) is 2.98. The lowest BCUT2D eigenvalue weighted by Gasteiger charge is -2.20. The van der Waals surface area contributed by atoms with Crippen LogP contribution in [-0.2, 0) is 9.59 Å². The number of nitrogens with one attached hydrogen (secondary N) is 1. The van der Waals surface area contributed by atoms with Gasteiger partial charge in [0.15, 0.2) is 0 Å². The summed E-state index contributed by atoms with van der Waals surface area (Å²) in [7, 11) is 2.03. The smallest absolute Gasteiger partial charge is 0.228 e. The van der Waals surface area contributed by atoms with Crippen molar-refractivity contribution in [3.63, 3.8) is 0 Å². The highest BCUT2D eigenvalue weighted by molar-refractivity contribution is 5.97. The zero-order valence-corrected chi connectivity index (χ0v) is 19.3. The second kappa shape index (κ2) is 9.20. The molecule has 2 aliphatic rings. The molecule has 3 aromatic rings. The molecule has 1 saturated carbocycles. The Kier molecular flexibility index (Phi) is 5.95. The summed E-state index contributed by atoms with van der Waals surface area (Å²) in [6.07, 6.45) is 7.55. The zero-order valence-electron chi connectivity index (χ0n) is 19.3. The maximum atomic E-state index is 12.4. The van der Waals surface area contributed by atoms with Gasteiger partial charge in [0.25, 0.3) is 0 Å². The second-order valence-electron chi connectivity index (χ2n) is 8.89. The number of aryl methyl sites for hydroxylation is 1. The number of nitrogens with zero attached hydrogens (tertiary/aromatic N) is 5. The van der Waals surface area contributed by atoms with E-state index in [4.69, 9.17) is 0 Å². The van der Waals surface area contributed by atoms with Crippen molar-refractivity contribution in [3.8, 4) is 11.8 Å². The summed E-state index contributed by atoms with van der Waals surface area (Å²) < 4.78 is 0. The average Bonchev–Trinajstić information content (AvgIpc) is 3.69. The van der Waals surface area contributed by atoms with Crippen molar-refractivity contribution in [1.82, 2.24) is 19.9 Å². The van der Waals surface area contributed by atoms with E-state index in [9.17, 15) is 9.59 Å². The molecule has 1 saturated heterocycles.